The van der Waals surface area contributed by atoms with Crippen molar-refractivity contribution >= 4 is 11.0 Å². The Labute approximate surface area is 175 Å². The number of fused-ring (bicyclic) bond motifs is 1. The quantitative estimate of drug-likeness (QED) is 0.219. The molecule has 1 aromatic heterocycles. The molecule has 0 aliphatic rings. The highest BCUT2D eigenvalue weighted by Gasteiger charge is 2.10. The molecule has 0 unspecified atom stereocenters. The molecule has 0 bridgehead atoms. The molecule has 4 nitrogen and oxygen atoms in total. The summed E-state index contributed by atoms with van der Waals surface area (Å²) < 4.78 is 17.4. The Balaban J connectivity index is 1.90. The number of hydrogen-bond acceptors (Lipinski definition) is 4. The fourth-order valence-corrected chi connectivity index (χ4v) is 3.43. The first kappa shape index (κ1) is 23.3. The Kier molecular flexibility index (Phi) is 11.3. The molecule has 2 aromatic rings. The summed E-state index contributed by atoms with van der Waals surface area (Å²) in [5, 5.41) is 0.856. The zero-order chi connectivity index (χ0) is 20.7. The molecule has 2 rings (SSSR count). The summed E-state index contributed by atoms with van der Waals surface area (Å²) in [7, 11) is 0. The van der Waals surface area contributed by atoms with E-state index in [2.05, 4.69) is 13.8 Å². The van der Waals surface area contributed by atoms with Crippen molar-refractivity contribution in [2.24, 2.45) is 0 Å². The van der Waals surface area contributed by atoms with Crippen molar-refractivity contribution in [3.63, 3.8) is 0 Å². The normalized spacial score (nSPS) is 11.1. The average molecular weight is 403 g/mol. The highest BCUT2D eigenvalue weighted by Crippen LogP contribution is 2.32. The van der Waals surface area contributed by atoms with Gasteiger partial charge in [-0.3, -0.25) is 0 Å². The van der Waals surface area contributed by atoms with Gasteiger partial charge < -0.3 is 13.9 Å². The van der Waals surface area contributed by atoms with Crippen LogP contribution in [-0.2, 0) is 0 Å². The molecule has 0 atom stereocenters. The number of ether oxygens (including phenoxy) is 2. The number of hydrogen-bond donors (Lipinski definition) is 0. The van der Waals surface area contributed by atoms with Gasteiger partial charge >= 0.3 is 5.63 Å². The standard InChI is InChI=1S/C25H38O4/c1-3-5-7-9-11-13-17-27-23-19-21-15-16-25(26)29-22(21)20-24(23)28-18-14-12-10-8-6-4-2/h15-16,19-20H,3-14,17-18H2,1-2H3. The van der Waals surface area contributed by atoms with E-state index >= 15 is 0 Å². The SMILES string of the molecule is CCCCCCCCOc1cc2ccc(=O)oc2cc1OCCCCCCCC. The van der Waals surface area contributed by atoms with Gasteiger partial charge in [-0.15, -0.1) is 0 Å². The molecular formula is C25H38O4. The third-order valence-electron chi connectivity index (χ3n) is 5.20. The van der Waals surface area contributed by atoms with E-state index in [4.69, 9.17) is 13.9 Å². The van der Waals surface area contributed by atoms with E-state index in [-0.39, 0.29) is 5.63 Å². The second-order valence-electron chi connectivity index (χ2n) is 7.82. The molecule has 0 N–H and O–H groups in total. The maximum absolute atomic E-state index is 11.5. The molecule has 0 saturated heterocycles. The molecular weight excluding hydrogens is 364 g/mol. The molecule has 1 aromatic carbocycles. The molecule has 0 radical (unpaired) electrons. The highest BCUT2D eigenvalue weighted by molar-refractivity contribution is 5.80. The smallest absolute Gasteiger partial charge is 0.336 e. The van der Waals surface area contributed by atoms with Gasteiger partial charge in [-0.25, -0.2) is 4.79 Å². The van der Waals surface area contributed by atoms with Crippen LogP contribution in [0.1, 0.15) is 90.9 Å². The molecule has 4 heteroatoms. The lowest BCUT2D eigenvalue weighted by Gasteiger charge is -2.14. The Hall–Kier alpha value is -1.97. The van der Waals surface area contributed by atoms with Crippen molar-refractivity contribution in [1.29, 1.82) is 0 Å². The van der Waals surface area contributed by atoms with Gasteiger partial charge in [0.15, 0.2) is 11.5 Å². The summed E-state index contributed by atoms with van der Waals surface area (Å²) >= 11 is 0. The average Bonchev–Trinajstić information content (AvgIpc) is 2.72. The van der Waals surface area contributed by atoms with Gasteiger partial charge in [0, 0.05) is 17.5 Å². The van der Waals surface area contributed by atoms with E-state index in [0.717, 1.165) is 24.0 Å². The zero-order valence-corrected chi connectivity index (χ0v) is 18.3. The summed E-state index contributed by atoms with van der Waals surface area (Å²) in [5.74, 6) is 1.41. The van der Waals surface area contributed by atoms with E-state index in [1.54, 1.807) is 12.1 Å². The zero-order valence-electron chi connectivity index (χ0n) is 18.3. The van der Waals surface area contributed by atoms with Crippen LogP contribution in [0.15, 0.2) is 33.5 Å². The van der Waals surface area contributed by atoms with Crippen LogP contribution in [0.25, 0.3) is 11.0 Å². The first-order chi connectivity index (χ1) is 14.2. The molecule has 0 amide bonds. The number of rotatable bonds is 16. The van der Waals surface area contributed by atoms with Crippen molar-refractivity contribution in [3.05, 3.63) is 34.7 Å². The Morgan fingerprint density at radius 3 is 1.79 bits per heavy atom. The molecule has 0 fully saturated rings. The lowest BCUT2D eigenvalue weighted by atomic mass is 10.1. The second kappa shape index (κ2) is 14.1. The molecule has 29 heavy (non-hydrogen) atoms. The van der Waals surface area contributed by atoms with Crippen molar-refractivity contribution < 1.29 is 13.9 Å². The summed E-state index contributed by atoms with van der Waals surface area (Å²) in [6.07, 6.45) is 14.7. The highest BCUT2D eigenvalue weighted by atomic mass is 16.5. The van der Waals surface area contributed by atoms with Crippen LogP contribution in [0.3, 0.4) is 0 Å². The summed E-state index contributed by atoms with van der Waals surface area (Å²) in [6.45, 7) is 5.80. The van der Waals surface area contributed by atoms with Crippen LogP contribution in [0, 0.1) is 0 Å². The van der Waals surface area contributed by atoms with Crippen LogP contribution in [0.5, 0.6) is 11.5 Å². The van der Waals surface area contributed by atoms with E-state index in [1.165, 1.54) is 70.3 Å². The molecule has 1 heterocycles. The Bertz CT molecular complexity index is 750. The van der Waals surface area contributed by atoms with Gasteiger partial charge in [0.25, 0.3) is 0 Å². The van der Waals surface area contributed by atoms with Crippen molar-refractivity contribution in [1.82, 2.24) is 0 Å². The van der Waals surface area contributed by atoms with E-state index in [0.29, 0.717) is 24.5 Å². The lowest BCUT2D eigenvalue weighted by Crippen LogP contribution is -2.03. The minimum absolute atomic E-state index is 0.347. The first-order valence-electron chi connectivity index (χ1n) is 11.6. The summed E-state index contributed by atoms with van der Waals surface area (Å²) in [6, 6.07) is 6.93. The van der Waals surface area contributed by atoms with Crippen molar-refractivity contribution in [2.45, 2.75) is 90.9 Å². The predicted octanol–water partition coefficient (Wildman–Crippen LogP) is 7.27. The van der Waals surface area contributed by atoms with Gasteiger partial charge in [0.2, 0.25) is 0 Å². The monoisotopic (exact) mass is 402 g/mol. The van der Waals surface area contributed by atoms with Gasteiger partial charge in [-0.2, -0.15) is 0 Å². The molecule has 0 aliphatic heterocycles. The third kappa shape index (κ3) is 8.93. The summed E-state index contributed by atoms with van der Waals surface area (Å²) in [4.78, 5) is 11.5. The van der Waals surface area contributed by atoms with Gasteiger partial charge in [-0.05, 0) is 25.0 Å². The lowest BCUT2D eigenvalue weighted by molar-refractivity contribution is 0.258. The molecule has 0 saturated carbocycles. The molecule has 162 valence electrons. The van der Waals surface area contributed by atoms with Gasteiger partial charge in [0.1, 0.15) is 5.58 Å². The minimum atomic E-state index is -0.347. The second-order valence-corrected chi connectivity index (χ2v) is 7.82. The first-order valence-corrected chi connectivity index (χ1v) is 11.6. The van der Waals surface area contributed by atoms with E-state index < -0.39 is 0 Å². The van der Waals surface area contributed by atoms with Crippen LogP contribution in [0.4, 0.5) is 0 Å². The van der Waals surface area contributed by atoms with Gasteiger partial charge in [0.05, 0.1) is 13.2 Å². The fraction of sp³-hybridized carbons (Fsp3) is 0.640. The number of unbranched alkanes of at least 4 members (excludes halogenated alkanes) is 10. The molecule has 0 spiro atoms. The summed E-state index contributed by atoms with van der Waals surface area (Å²) in [5.41, 5.74) is 0.197. The number of benzene rings is 1. The molecule has 0 aliphatic carbocycles. The topological polar surface area (TPSA) is 48.7 Å². The Morgan fingerprint density at radius 2 is 1.21 bits per heavy atom. The Morgan fingerprint density at radius 1 is 0.690 bits per heavy atom. The van der Waals surface area contributed by atoms with Crippen molar-refractivity contribution in [3.8, 4) is 11.5 Å². The van der Waals surface area contributed by atoms with E-state index in [1.807, 2.05) is 6.07 Å². The van der Waals surface area contributed by atoms with Gasteiger partial charge in [-0.1, -0.05) is 78.1 Å². The van der Waals surface area contributed by atoms with Crippen LogP contribution < -0.4 is 15.1 Å². The van der Waals surface area contributed by atoms with Crippen LogP contribution in [-0.4, -0.2) is 13.2 Å². The van der Waals surface area contributed by atoms with Crippen molar-refractivity contribution in [2.75, 3.05) is 13.2 Å². The fourth-order valence-electron chi connectivity index (χ4n) is 3.43. The largest absolute Gasteiger partial charge is 0.490 e. The van der Waals surface area contributed by atoms with Crippen LogP contribution in [0.2, 0.25) is 0 Å². The maximum atomic E-state index is 11.5. The van der Waals surface area contributed by atoms with E-state index in [9.17, 15) is 4.79 Å². The predicted molar refractivity (Wildman–Crippen MR) is 120 cm³/mol. The maximum Gasteiger partial charge on any atom is 0.336 e. The third-order valence-corrected chi connectivity index (χ3v) is 5.20. The van der Waals surface area contributed by atoms with Crippen LogP contribution >= 0.6 is 0 Å². The minimum Gasteiger partial charge on any atom is -0.490 e.